The first-order chi connectivity index (χ1) is 12.7. The van der Waals surface area contributed by atoms with Gasteiger partial charge in [-0.25, -0.2) is 0 Å². The monoisotopic (exact) mass is 363 g/mol. The number of aliphatic hydroxyl groups is 1. The van der Waals surface area contributed by atoms with E-state index in [1.165, 1.54) is 33.4 Å². The van der Waals surface area contributed by atoms with Gasteiger partial charge in [0.1, 0.15) is 6.61 Å². The Bertz CT molecular complexity index is 1060. The molecule has 0 saturated heterocycles. The molecule has 4 rings (SSSR count). The number of para-hydroxylation sites is 1. The number of aromatic nitrogens is 1. The number of nitrogens with one attached hydrogen (secondary N) is 1. The van der Waals surface area contributed by atoms with Gasteiger partial charge >= 0.3 is 0 Å². The lowest BCUT2D eigenvalue weighted by atomic mass is 10.0. The first-order valence-corrected chi connectivity index (χ1v) is 9.78. The molecule has 0 radical (unpaired) electrons. The minimum absolute atomic E-state index is 0.202. The molecule has 26 heavy (non-hydrogen) atoms. The van der Waals surface area contributed by atoms with Gasteiger partial charge in [0.2, 0.25) is 0 Å². The zero-order valence-electron chi connectivity index (χ0n) is 14.5. The zero-order valence-corrected chi connectivity index (χ0v) is 15.3. The summed E-state index contributed by atoms with van der Waals surface area (Å²) in [6.07, 6.45) is 6.54. The number of carbonyl (C=O) groups is 1. The summed E-state index contributed by atoms with van der Waals surface area (Å²) in [5.74, 6) is -0.202. The number of aryl methyl sites for hydroxylation is 2. The molecular formula is C22H21NO2S. The third-order valence-electron chi connectivity index (χ3n) is 4.84. The van der Waals surface area contributed by atoms with Gasteiger partial charge in [0.25, 0.3) is 0 Å². The molecule has 0 spiro atoms. The van der Waals surface area contributed by atoms with Crippen molar-refractivity contribution in [2.45, 2.75) is 25.7 Å². The van der Waals surface area contributed by atoms with Crippen molar-refractivity contribution in [2.75, 3.05) is 6.61 Å². The molecule has 4 heteroatoms. The van der Waals surface area contributed by atoms with E-state index in [1.807, 2.05) is 6.07 Å². The van der Waals surface area contributed by atoms with Gasteiger partial charge < -0.3 is 10.1 Å². The van der Waals surface area contributed by atoms with Gasteiger partial charge in [0.05, 0.1) is 4.88 Å². The van der Waals surface area contributed by atoms with Crippen LogP contribution in [0.2, 0.25) is 0 Å². The van der Waals surface area contributed by atoms with Crippen molar-refractivity contribution >= 4 is 38.1 Å². The minimum Gasteiger partial charge on any atom is -0.388 e. The summed E-state index contributed by atoms with van der Waals surface area (Å²) in [5, 5.41) is 11.4. The van der Waals surface area contributed by atoms with Crippen molar-refractivity contribution in [3.8, 4) is 0 Å². The molecule has 4 aromatic rings. The van der Waals surface area contributed by atoms with Crippen molar-refractivity contribution in [2.24, 2.45) is 0 Å². The third-order valence-corrected chi connectivity index (χ3v) is 5.98. The molecule has 0 aliphatic rings. The van der Waals surface area contributed by atoms with Crippen LogP contribution in [-0.2, 0) is 12.8 Å². The number of hydrogen-bond acceptors (Lipinski definition) is 3. The number of fused-ring (bicyclic) bond motifs is 2. The summed E-state index contributed by atoms with van der Waals surface area (Å²) < 4.78 is 1.12. The summed E-state index contributed by atoms with van der Waals surface area (Å²) >= 11 is 1.47. The predicted molar refractivity (Wildman–Crippen MR) is 108 cm³/mol. The fourth-order valence-corrected chi connectivity index (χ4v) is 4.49. The Kier molecular flexibility index (Phi) is 4.87. The topological polar surface area (TPSA) is 53.1 Å². The van der Waals surface area contributed by atoms with Crippen LogP contribution in [0.5, 0.6) is 0 Å². The number of unbranched alkanes of at least 4 members (excludes halogenated alkanes) is 1. The normalized spacial score (nSPS) is 11.4. The second-order valence-corrected chi connectivity index (χ2v) is 7.71. The predicted octanol–water partition coefficient (Wildman–Crippen LogP) is 5.12. The van der Waals surface area contributed by atoms with E-state index in [4.69, 9.17) is 5.11 Å². The molecule has 0 aliphatic heterocycles. The van der Waals surface area contributed by atoms with Crippen LogP contribution in [-0.4, -0.2) is 22.5 Å². The number of aromatic amines is 1. The number of benzene rings is 2. The van der Waals surface area contributed by atoms with E-state index in [-0.39, 0.29) is 5.78 Å². The van der Waals surface area contributed by atoms with Crippen LogP contribution < -0.4 is 0 Å². The Labute approximate surface area is 156 Å². The highest BCUT2D eigenvalue weighted by Gasteiger charge is 2.09. The van der Waals surface area contributed by atoms with Crippen LogP contribution >= 0.6 is 11.3 Å². The lowest BCUT2D eigenvalue weighted by Gasteiger charge is -2.02. The Balaban J connectivity index is 1.37. The lowest BCUT2D eigenvalue weighted by Crippen LogP contribution is -2.00. The molecule has 2 N–H and O–H groups in total. The molecule has 0 unspecified atom stereocenters. The van der Waals surface area contributed by atoms with Crippen molar-refractivity contribution in [1.29, 1.82) is 0 Å². The molecule has 2 aromatic heterocycles. The van der Waals surface area contributed by atoms with Gasteiger partial charge in [-0.05, 0) is 60.4 Å². The first kappa shape index (κ1) is 17.0. The maximum Gasteiger partial charge on any atom is 0.198 e. The van der Waals surface area contributed by atoms with Crippen LogP contribution in [0.4, 0.5) is 0 Å². The van der Waals surface area contributed by atoms with E-state index >= 15 is 0 Å². The maximum absolute atomic E-state index is 11.6. The van der Waals surface area contributed by atoms with Crippen molar-refractivity contribution < 1.29 is 9.90 Å². The smallest absolute Gasteiger partial charge is 0.198 e. The molecule has 2 aromatic carbocycles. The van der Waals surface area contributed by atoms with Gasteiger partial charge in [-0.2, -0.15) is 0 Å². The number of ketones is 1. The highest BCUT2D eigenvalue weighted by molar-refractivity contribution is 7.20. The van der Waals surface area contributed by atoms with Crippen molar-refractivity contribution in [1.82, 2.24) is 4.98 Å². The fraction of sp³-hybridized carbons (Fsp3) is 0.227. The van der Waals surface area contributed by atoms with Gasteiger partial charge in [0, 0.05) is 21.8 Å². The largest absolute Gasteiger partial charge is 0.388 e. The summed E-state index contributed by atoms with van der Waals surface area (Å²) in [6, 6.07) is 16.7. The highest BCUT2D eigenvalue weighted by atomic mass is 32.1. The van der Waals surface area contributed by atoms with Gasteiger partial charge in [0.15, 0.2) is 5.78 Å². The quantitative estimate of drug-likeness (QED) is 0.353. The standard InChI is InChI=1S/C22H21NO2S/c24-14-20(25)22-12-16-10-9-15(11-21(16)26-22)5-1-2-6-17-13-23-19-8-4-3-7-18(17)19/h3-4,7-13,23-24H,1-2,5-6,14H2. The van der Waals surface area contributed by atoms with Gasteiger partial charge in [-0.1, -0.05) is 30.3 Å². The number of thiophene rings is 1. The number of H-pyrrole nitrogens is 1. The number of hydrogen-bond donors (Lipinski definition) is 2. The van der Waals surface area contributed by atoms with Crippen LogP contribution in [0.3, 0.4) is 0 Å². The maximum atomic E-state index is 11.6. The second-order valence-electron chi connectivity index (χ2n) is 6.63. The lowest BCUT2D eigenvalue weighted by molar-refractivity contribution is 0.0908. The average Bonchev–Trinajstić information content (AvgIpc) is 3.28. The van der Waals surface area contributed by atoms with Gasteiger partial charge in [-0.15, -0.1) is 11.3 Å². The molecule has 0 saturated carbocycles. The highest BCUT2D eigenvalue weighted by Crippen LogP contribution is 2.27. The Morgan fingerprint density at radius 3 is 2.77 bits per heavy atom. The summed E-state index contributed by atoms with van der Waals surface area (Å²) in [6.45, 7) is -0.423. The number of carbonyl (C=O) groups excluding carboxylic acids is 1. The fourth-order valence-electron chi connectivity index (χ4n) is 3.43. The molecule has 0 aliphatic carbocycles. The summed E-state index contributed by atoms with van der Waals surface area (Å²) in [7, 11) is 0. The molecule has 132 valence electrons. The first-order valence-electron chi connectivity index (χ1n) is 8.96. The molecule has 0 amide bonds. The van der Waals surface area contributed by atoms with E-state index < -0.39 is 6.61 Å². The number of Topliss-reactive ketones (excluding diaryl/α,β-unsaturated/α-hetero) is 1. The van der Waals surface area contributed by atoms with Crippen molar-refractivity contribution in [3.63, 3.8) is 0 Å². The number of rotatable bonds is 7. The molecule has 0 atom stereocenters. The van der Waals surface area contributed by atoms with E-state index in [9.17, 15) is 4.79 Å². The van der Waals surface area contributed by atoms with E-state index in [0.717, 1.165) is 35.8 Å². The Hall–Kier alpha value is -2.43. The zero-order chi connectivity index (χ0) is 17.9. The molecule has 0 bridgehead atoms. The van der Waals surface area contributed by atoms with Crippen molar-refractivity contribution in [3.05, 3.63) is 70.7 Å². The van der Waals surface area contributed by atoms with E-state index in [1.54, 1.807) is 0 Å². The van der Waals surface area contributed by atoms with Gasteiger partial charge in [-0.3, -0.25) is 4.79 Å². The number of aliphatic hydroxyl groups excluding tert-OH is 1. The van der Waals surface area contributed by atoms with Crippen LogP contribution in [0.1, 0.15) is 33.6 Å². The van der Waals surface area contributed by atoms with Crippen LogP contribution in [0, 0.1) is 0 Å². The minimum atomic E-state index is -0.423. The summed E-state index contributed by atoms with van der Waals surface area (Å²) in [5.41, 5.74) is 3.90. The van der Waals surface area contributed by atoms with E-state index in [0.29, 0.717) is 4.88 Å². The third kappa shape index (κ3) is 3.43. The molecule has 0 fully saturated rings. The molecular weight excluding hydrogens is 342 g/mol. The average molecular weight is 363 g/mol. The Morgan fingerprint density at radius 2 is 1.88 bits per heavy atom. The van der Waals surface area contributed by atoms with E-state index in [2.05, 4.69) is 53.6 Å². The van der Waals surface area contributed by atoms with Crippen LogP contribution in [0.15, 0.2) is 54.7 Å². The Morgan fingerprint density at radius 1 is 1.04 bits per heavy atom. The summed E-state index contributed by atoms with van der Waals surface area (Å²) in [4.78, 5) is 15.6. The second kappa shape index (κ2) is 7.44. The molecule has 2 heterocycles. The SMILES string of the molecule is O=C(CO)c1cc2ccc(CCCCc3c[nH]c4ccccc34)cc2s1. The molecule has 3 nitrogen and oxygen atoms in total. The van der Waals surface area contributed by atoms with Crippen LogP contribution in [0.25, 0.3) is 21.0 Å².